The summed E-state index contributed by atoms with van der Waals surface area (Å²) in [4.78, 5) is 6.00. The average Bonchev–Trinajstić information content (AvgIpc) is 3.58. The first-order chi connectivity index (χ1) is 16.1. The Hall–Kier alpha value is -3.47. The van der Waals surface area contributed by atoms with Gasteiger partial charge in [-0.2, -0.15) is 10.2 Å². The lowest BCUT2D eigenvalue weighted by Crippen LogP contribution is -2.18. The van der Waals surface area contributed by atoms with Crippen LogP contribution in [0.15, 0.2) is 58.4 Å². The number of nitriles is 1. The Kier molecular flexibility index (Phi) is 5.95. The van der Waals surface area contributed by atoms with E-state index in [4.69, 9.17) is 9.26 Å². The van der Waals surface area contributed by atoms with Crippen molar-refractivity contribution in [3.8, 4) is 34.7 Å². The molecule has 33 heavy (non-hydrogen) atoms. The standard InChI is InChI=1S/C26H24N4O2S/c1-16(2)31-24-11-8-17(13-18(24)14-27)26-29-25(30-32-26)22-7-3-6-21-20(22)9-10-23(21)28-15-19-5-4-12-33-19/h3-8,11-13,16,23,28H,9-10,15H2,1-2H3/t23-/m0/s1. The third kappa shape index (κ3) is 4.40. The zero-order chi connectivity index (χ0) is 22.8. The van der Waals surface area contributed by atoms with Gasteiger partial charge >= 0.3 is 0 Å². The van der Waals surface area contributed by atoms with E-state index in [1.807, 2.05) is 19.9 Å². The average molecular weight is 457 g/mol. The lowest BCUT2D eigenvalue weighted by Gasteiger charge is -2.14. The van der Waals surface area contributed by atoms with E-state index in [1.165, 1.54) is 16.0 Å². The molecule has 0 spiro atoms. The quantitative estimate of drug-likeness (QED) is 0.373. The van der Waals surface area contributed by atoms with Crippen LogP contribution in [0.2, 0.25) is 0 Å². The lowest BCUT2D eigenvalue weighted by atomic mass is 10.0. The summed E-state index contributed by atoms with van der Waals surface area (Å²) >= 11 is 1.77. The Morgan fingerprint density at radius 3 is 2.94 bits per heavy atom. The summed E-state index contributed by atoms with van der Waals surface area (Å²) in [6, 6.07) is 18.4. The highest BCUT2D eigenvalue weighted by Gasteiger charge is 2.26. The van der Waals surface area contributed by atoms with Gasteiger partial charge in [-0.05, 0) is 67.5 Å². The maximum absolute atomic E-state index is 9.52. The highest BCUT2D eigenvalue weighted by Crippen LogP contribution is 2.38. The van der Waals surface area contributed by atoms with Crippen LogP contribution in [0.5, 0.6) is 5.75 Å². The molecule has 166 valence electrons. The fraction of sp³-hybridized carbons (Fsp3) is 0.269. The number of ether oxygens (including phenoxy) is 1. The van der Waals surface area contributed by atoms with E-state index >= 15 is 0 Å². The molecule has 0 saturated carbocycles. The Bertz CT molecular complexity index is 1300. The third-order valence-electron chi connectivity index (χ3n) is 5.75. The number of fused-ring (bicyclic) bond motifs is 1. The summed E-state index contributed by atoms with van der Waals surface area (Å²) in [6.45, 7) is 4.73. The summed E-state index contributed by atoms with van der Waals surface area (Å²) in [6.07, 6.45) is 2.00. The molecule has 0 amide bonds. The van der Waals surface area contributed by atoms with Gasteiger partial charge in [-0.1, -0.05) is 29.4 Å². The monoisotopic (exact) mass is 456 g/mol. The van der Waals surface area contributed by atoms with Gasteiger partial charge in [0.2, 0.25) is 5.82 Å². The molecule has 0 fully saturated rings. The van der Waals surface area contributed by atoms with Gasteiger partial charge < -0.3 is 14.6 Å². The zero-order valence-corrected chi connectivity index (χ0v) is 19.4. The van der Waals surface area contributed by atoms with Gasteiger partial charge in [0.25, 0.3) is 5.89 Å². The number of aromatic nitrogens is 2. The Labute approximate surface area is 196 Å². The van der Waals surface area contributed by atoms with Crippen molar-refractivity contribution in [2.24, 2.45) is 0 Å². The second kappa shape index (κ2) is 9.18. The zero-order valence-electron chi connectivity index (χ0n) is 18.5. The van der Waals surface area contributed by atoms with Crippen LogP contribution in [0.4, 0.5) is 0 Å². The van der Waals surface area contributed by atoms with Gasteiger partial charge in [0, 0.05) is 28.6 Å². The lowest BCUT2D eigenvalue weighted by molar-refractivity contribution is 0.241. The van der Waals surface area contributed by atoms with Gasteiger partial charge in [0.15, 0.2) is 0 Å². The first-order valence-corrected chi connectivity index (χ1v) is 11.9. The summed E-state index contributed by atoms with van der Waals surface area (Å²) in [5, 5.41) is 19.6. The SMILES string of the molecule is CC(C)Oc1ccc(-c2nc(-c3cccc4c3CC[C@@H]4NCc3cccs3)no2)cc1C#N. The van der Waals surface area contributed by atoms with Crippen LogP contribution >= 0.6 is 11.3 Å². The van der Waals surface area contributed by atoms with Crippen molar-refractivity contribution >= 4 is 11.3 Å². The Morgan fingerprint density at radius 2 is 2.15 bits per heavy atom. The van der Waals surface area contributed by atoms with Crippen LogP contribution in [0.1, 0.15) is 47.9 Å². The molecule has 0 radical (unpaired) electrons. The minimum Gasteiger partial charge on any atom is -0.490 e. The first kappa shape index (κ1) is 21.4. The molecule has 6 nitrogen and oxygen atoms in total. The highest BCUT2D eigenvalue weighted by atomic mass is 32.1. The van der Waals surface area contributed by atoms with Crippen molar-refractivity contribution < 1.29 is 9.26 Å². The van der Waals surface area contributed by atoms with Crippen LogP contribution in [0.3, 0.4) is 0 Å². The van der Waals surface area contributed by atoms with Gasteiger partial charge in [-0.3, -0.25) is 0 Å². The molecule has 2 aromatic heterocycles. The molecule has 7 heteroatoms. The molecule has 1 atom stereocenters. The van der Waals surface area contributed by atoms with E-state index in [0.717, 1.165) is 24.9 Å². The van der Waals surface area contributed by atoms with Crippen LogP contribution in [-0.2, 0) is 13.0 Å². The molecule has 0 aliphatic heterocycles. The van der Waals surface area contributed by atoms with Crippen molar-refractivity contribution in [3.63, 3.8) is 0 Å². The number of nitrogens with zero attached hydrogens (tertiary/aromatic N) is 3. The van der Waals surface area contributed by atoms with Gasteiger partial charge in [-0.25, -0.2) is 0 Å². The van der Waals surface area contributed by atoms with E-state index in [-0.39, 0.29) is 6.10 Å². The van der Waals surface area contributed by atoms with Gasteiger partial charge in [0.1, 0.15) is 11.8 Å². The number of thiophene rings is 1. The molecule has 5 rings (SSSR count). The summed E-state index contributed by atoms with van der Waals surface area (Å²) < 4.78 is 11.3. The van der Waals surface area contributed by atoms with Crippen molar-refractivity contribution in [1.29, 1.82) is 5.26 Å². The molecule has 4 aromatic rings. The molecule has 0 bridgehead atoms. The third-order valence-corrected chi connectivity index (χ3v) is 6.63. The number of hydrogen-bond donors (Lipinski definition) is 1. The van der Waals surface area contributed by atoms with Gasteiger partial charge in [-0.15, -0.1) is 11.3 Å². The minimum absolute atomic E-state index is 0.0123. The van der Waals surface area contributed by atoms with Gasteiger partial charge in [0.05, 0.1) is 11.7 Å². The van der Waals surface area contributed by atoms with Crippen molar-refractivity contribution in [3.05, 3.63) is 75.5 Å². The Morgan fingerprint density at radius 1 is 1.24 bits per heavy atom. The largest absolute Gasteiger partial charge is 0.490 e. The van der Waals surface area contributed by atoms with E-state index in [9.17, 15) is 5.26 Å². The highest BCUT2D eigenvalue weighted by molar-refractivity contribution is 7.09. The molecular weight excluding hydrogens is 432 g/mol. The van der Waals surface area contributed by atoms with Crippen molar-refractivity contribution in [1.82, 2.24) is 15.5 Å². The number of benzene rings is 2. The second-order valence-corrected chi connectivity index (χ2v) is 9.37. The normalized spacial score (nSPS) is 14.9. The molecule has 2 aromatic carbocycles. The molecular formula is C26H24N4O2S. The van der Waals surface area contributed by atoms with Crippen LogP contribution < -0.4 is 10.1 Å². The van der Waals surface area contributed by atoms with E-state index in [0.29, 0.717) is 34.6 Å². The molecule has 1 N–H and O–H groups in total. The molecule has 0 saturated heterocycles. The van der Waals surface area contributed by atoms with Crippen molar-refractivity contribution in [2.45, 2.75) is 45.4 Å². The number of rotatable bonds is 7. The predicted octanol–water partition coefficient (Wildman–Crippen LogP) is 5.90. The summed E-state index contributed by atoms with van der Waals surface area (Å²) in [7, 11) is 0. The predicted molar refractivity (Wildman–Crippen MR) is 128 cm³/mol. The first-order valence-electron chi connectivity index (χ1n) is 11.0. The van der Waals surface area contributed by atoms with E-state index in [2.05, 4.69) is 57.2 Å². The summed E-state index contributed by atoms with van der Waals surface area (Å²) in [5.74, 6) is 1.51. The number of hydrogen-bond acceptors (Lipinski definition) is 7. The smallest absolute Gasteiger partial charge is 0.258 e. The van der Waals surface area contributed by atoms with Crippen LogP contribution in [-0.4, -0.2) is 16.2 Å². The fourth-order valence-electron chi connectivity index (χ4n) is 4.27. The van der Waals surface area contributed by atoms with Crippen LogP contribution in [0, 0.1) is 11.3 Å². The molecule has 0 unspecified atom stereocenters. The Balaban J connectivity index is 1.39. The maximum atomic E-state index is 9.52. The molecule has 1 aliphatic rings. The van der Waals surface area contributed by atoms with Crippen molar-refractivity contribution in [2.75, 3.05) is 0 Å². The number of nitrogens with one attached hydrogen (secondary N) is 1. The second-order valence-electron chi connectivity index (χ2n) is 8.34. The fourth-order valence-corrected chi connectivity index (χ4v) is 4.93. The van der Waals surface area contributed by atoms with E-state index < -0.39 is 0 Å². The van der Waals surface area contributed by atoms with Crippen LogP contribution in [0.25, 0.3) is 22.8 Å². The summed E-state index contributed by atoms with van der Waals surface area (Å²) in [5.41, 5.74) is 4.72. The minimum atomic E-state index is -0.0123. The van der Waals surface area contributed by atoms with E-state index in [1.54, 1.807) is 23.5 Å². The topological polar surface area (TPSA) is 84.0 Å². The molecule has 1 aliphatic carbocycles. The maximum Gasteiger partial charge on any atom is 0.258 e. The molecule has 2 heterocycles.